The molecule has 0 spiro atoms. The Morgan fingerprint density at radius 2 is 1.72 bits per heavy atom. The van der Waals surface area contributed by atoms with Gasteiger partial charge in [0.2, 0.25) is 0 Å². The van der Waals surface area contributed by atoms with Gasteiger partial charge in [0.1, 0.15) is 0 Å². The molecule has 0 fully saturated rings. The molecular weight excluding hydrogens is 256 g/mol. The monoisotopic (exact) mass is 272 g/mol. The highest BCUT2D eigenvalue weighted by molar-refractivity contribution is 6.27. The summed E-state index contributed by atoms with van der Waals surface area (Å²) < 4.78 is 9.66. The molecule has 0 unspecified atom stereocenters. The molecule has 100 valence electrons. The van der Waals surface area contributed by atoms with Crippen molar-refractivity contribution in [2.24, 2.45) is 0 Å². The second kappa shape index (κ2) is 9.48. The fourth-order valence-electron chi connectivity index (χ4n) is 1.12. The van der Waals surface area contributed by atoms with Crippen LogP contribution in [0.15, 0.2) is 35.4 Å². The quantitative estimate of drug-likeness (QED) is 0.309. The first kappa shape index (κ1) is 16.4. The van der Waals surface area contributed by atoms with Crippen molar-refractivity contribution in [3.63, 3.8) is 0 Å². The molecule has 0 aromatic rings. The van der Waals surface area contributed by atoms with E-state index in [1.54, 1.807) is 19.9 Å². The first-order valence-corrected chi connectivity index (χ1v) is 6.00. The van der Waals surface area contributed by atoms with E-state index in [9.17, 15) is 9.59 Å². The molecule has 0 heterocycles. The van der Waals surface area contributed by atoms with Gasteiger partial charge in [0.25, 0.3) is 0 Å². The molecule has 18 heavy (non-hydrogen) atoms. The average molecular weight is 273 g/mol. The van der Waals surface area contributed by atoms with Gasteiger partial charge in [-0.2, -0.15) is 0 Å². The standard InChI is InChI=1S/C13H17ClO4/c1-4-7-10(12(15)17-5-2)8-11(9-14)13(16)18-6-3/h4,8-9H,1,5-7H2,2-3H3/b10-8-,11-9-. The van der Waals surface area contributed by atoms with Crippen LogP contribution in [0, 0.1) is 0 Å². The highest BCUT2D eigenvalue weighted by Crippen LogP contribution is 2.12. The zero-order valence-corrected chi connectivity index (χ0v) is 11.3. The van der Waals surface area contributed by atoms with Crippen LogP contribution >= 0.6 is 11.6 Å². The third kappa shape index (κ3) is 5.68. The van der Waals surface area contributed by atoms with Gasteiger partial charge < -0.3 is 9.47 Å². The second-order valence-corrected chi connectivity index (χ2v) is 3.39. The minimum atomic E-state index is -0.585. The maximum atomic E-state index is 11.6. The molecular formula is C13H17ClO4. The van der Waals surface area contributed by atoms with Crippen molar-refractivity contribution in [1.29, 1.82) is 0 Å². The minimum absolute atomic E-state index is 0.100. The summed E-state index contributed by atoms with van der Waals surface area (Å²) in [5.74, 6) is -1.09. The Morgan fingerprint density at radius 3 is 2.17 bits per heavy atom. The van der Waals surface area contributed by atoms with Crippen LogP contribution in [0.3, 0.4) is 0 Å². The zero-order chi connectivity index (χ0) is 14.0. The normalized spacial score (nSPS) is 11.9. The average Bonchev–Trinajstić information content (AvgIpc) is 2.34. The van der Waals surface area contributed by atoms with E-state index in [1.807, 2.05) is 0 Å². The van der Waals surface area contributed by atoms with Crippen LogP contribution in [0.5, 0.6) is 0 Å². The molecule has 0 aliphatic rings. The molecule has 0 atom stereocenters. The molecule has 4 nitrogen and oxygen atoms in total. The fourth-order valence-corrected chi connectivity index (χ4v) is 1.27. The summed E-state index contributed by atoms with van der Waals surface area (Å²) in [5, 5.41) is 0. The van der Waals surface area contributed by atoms with E-state index in [2.05, 4.69) is 6.58 Å². The lowest BCUT2D eigenvalue weighted by Crippen LogP contribution is -2.11. The Labute approximate surface area is 112 Å². The molecule has 0 aromatic carbocycles. The predicted octanol–water partition coefficient (Wildman–Crippen LogP) is 2.74. The molecule has 0 aliphatic heterocycles. The van der Waals surface area contributed by atoms with Crippen molar-refractivity contribution in [2.75, 3.05) is 13.2 Å². The summed E-state index contributed by atoms with van der Waals surface area (Å²) in [6, 6.07) is 0. The van der Waals surface area contributed by atoms with Gasteiger partial charge in [-0.15, -0.1) is 6.58 Å². The summed E-state index contributed by atoms with van der Waals surface area (Å²) in [6.45, 7) is 7.42. The molecule has 5 heteroatoms. The molecule has 0 amide bonds. The predicted molar refractivity (Wildman–Crippen MR) is 70.1 cm³/mol. The van der Waals surface area contributed by atoms with E-state index in [4.69, 9.17) is 21.1 Å². The van der Waals surface area contributed by atoms with Crippen molar-refractivity contribution < 1.29 is 19.1 Å². The van der Waals surface area contributed by atoms with Gasteiger partial charge >= 0.3 is 11.9 Å². The second-order valence-electron chi connectivity index (χ2n) is 3.17. The fraction of sp³-hybridized carbons (Fsp3) is 0.385. The third-order valence-electron chi connectivity index (χ3n) is 1.86. The Kier molecular flexibility index (Phi) is 8.66. The molecule has 0 N–H and O–H groups in total. The summed E-state index contributed by atoms with van der Waals surface area (Å²) in [5.41, 5.74) is 1.47. The highest BCUT2D eigenvalue weighted by Gasteiger charge is 2.14. The molecule has 0 bridgehead atoms. The van der Waals surface area contributed by atoms with E-state index in [1.165, 1.54) is 6.08 Å². The van der Waals surface area contributed by atoms with Crippen molar-refractivity contribution in [3.05, 3.63) is 35.4 Å². The first-order chi connectivity index (χ1) is 8.60. The number of carbonyl (C=O) groups is 2. The maximum Gasteiger partial charge on any atom is 0.339 e. The third-order valence-corrected chi connectivity index (χ3v) is 2.10. The van der Waals surface area contributed by atoms with Gasteiger partial charge in [-0.25, -0.2) is 9.59 Å². The van der Waals surface area contributed by atoms with Crippen LogP contribution in [0.25, 0.3) is 0 Å². The summed E-state index contributed by atoms with van der Waals surface area (Å²) in [7, 11) is 0. The lowest BCUT2D eigenvalue weighted by atomic mass is 10.1. The molecule has 0 saturated carbocycles. The number of hydrogen-bond acceptors (Lipinski definition) is 4. The summed E-state index contributed by atoms with van der Waals surface area (Å²) in [4.78, 5) is 23.1. The number of ether oxygens (including phenoxy) is 2. The van der Waals surface area contributed by atoms with Crippen LogP contribution in [0.1, 0.15) is 20.3 Å². The van der Waals surface area contributed by atoms with Gasteiger partial charge in [0.05, 0.1) is 18.8 Å². The molecule has 0 radical (unpaired) electrons. The van der Waals surface area contributed by atoms with Crippen molar-refractivity contribution in [1.82, 2.24) is 0 Å². The van der Waals surface area contributed by atoms with Gasteiger partial charge in [0.15, 0.2) is 0 Å². The number of allylic oxidation sites excluding steroid dienone is 1. The van der Waals surface area contributed by atoms with E-state index in [0.717, 1.165) is 5.54 Å². The summed E-state index contributed by atoms with van der Waals surface area (Å²) >= 11 is 5.54. The Bertz CT molecular complexity index is 369. The number of rotatable bonds is 7. The number of halogens is 1. The Hall–Kier alpha value is -1.55. The van der Waals surface area contributed by atoms with Gasteiger partial charge in [-0.3, -0.25) is 0 Å². The van der Waals surface area contributed by atoms with Gasteiger partial charge in [0, 0.05) is 11.1 Å². The molecule has 0 aliphatic carbocycles. The SMILES string of the molecule is C=CC/C(=C/C(=C/Cl)C(=O)OCC)C(=O)OCC. The molecule has 0 saturated heterocycles. The molecule has 0 rings (SSSR count). The Balaban J connectivity index is 5.07. The topological polar surface area (TPSA) is 52.6 Å². The highest BCUT2D eigenvalue weighted by atomic mass is 35.5. The number of carbonyl (C=O) groups excluding carboxylic acids is 2. The van der Waals surface area contributed by atoms with Crippen LogP contribution in [-0.4, -0.2) is 25.2 Å². The maximum absolute atomic E-state index is 11.6. The van der Waals surface area contributed by atoms with Crippen LogP contribution in [-0.2, 0) is 19.1 Å². The number of esters is 2. The smallest absolute Gasteiger partial charge is 0.339 e. The lowest BCUT2D eigenvalue weighted by Gasteiger charge is -2.06. The minimum Gasteiger partial charge on any atom is -0.463 e. The molecule has 0 aromatic heterocycles. The zero-order valence-electron chi connectivity index (χ0n) is 10.6. The van der Waals surface area contributed by atoms with E-state index >= 15 is 0 Å². The number of hydrogen-bond donors (Lipinski definition) is 0. The van der Waals surface area contributed by atoms with Crippen molar-refractivity contribution in [2.45, 2.75) is 20.3 Å². The first-order valence-electron chi connectivity index (χ1n) is 5.56. The van der Waals surface area contributed by atoms with Crippen LogP contribution in [0.2, 0.25) is 0 Å². The lowest BCUT2D eigenvalue weighted by molar-refractivity contribution is -0.138. The van der Waals surface area contributed by atoms with Gasteiger partial charge in [-0.1, -0.05) is 17.7 Å². The largest absolute Gasteiger partial charge is 0.463 e. The van der Waals surface area contributed by atoms with Crippen LogP contribution in [0.4, 0.5) is 0 Å². The van der Waals surface area contributed by atoms with E-state index in [0.29, 0.717) is 5.57 Å². The van der Waals surface area contributed by atoms with E-state index < -0.39 is 11.9 Å². The van der Waals surface area contributed by atoms with Crippen LogP contribution < -0.4 is 0 Å². The Morgan fingerprint density at radius 1 is 1.17 bits per heavy atom. The summed E-state index contributed by atoms with van der Waals surface area (Å²) in [6.07, 6.45) is 3.18. The van der Waals surface area contributed by atoms with E-state index in [-0.39, 0.29) is 25.2 Å². The van der Waals surface area contributed by atoms with Gasteiger partial charge in [-0.05, 0) is 26.3 Å². The van der Waals surface area contributed by atoms with Crippen molar-refractivity contribution >= 4 is 23.5 Å². The van der Waals surface area contributed by atoms with Crippen molar-refractivity contribution in [3.8, 4) is 0 Å².